The van der Waals surface area contributed by atoms with Crippen LogP contribution in [-0.2, 0) is 126 Å². The van der Waals surface area contributed by atoms with Crippen LogP contribution in [0.3, 0.4) is 0 Å². The van der Waals surface area contributed by atoms with Crippen LogP contribution in [0.5, 0.6) is 5.75 Å². The van der Waals surface area contributed by atoms with Gasteiger partial charge in [0.2, 0.25) is 38.5 Å². The topological polar surface area (TPSA) is 560 Å². The first-order chi connectivity index (χ1) is 72.0. The third-order valence-electron chi connectivity index (χ3n) is 23.3. The number of ether oxygens (including phenoxy) is 7. The van der Waals surface area contributed by atoms with Gasteiger partial charge in [0.15, 0.2) is 56.2 Å². The molecular weight excluding hydrogens is 2030 g/mol. The smallest absolute Gasteiger partial charge is 0.356 e. The molecule has 822 valence electrons. The molecule has 0 aliphatic rings. The maximum Gasteiger partial charge on any atom is 0.356 e. The van der Waals surface area contributed by atoms with Crippen molar-refractivity contribution in [3.63, 3.8) is 0 Å². The number of nitrogens with one attached hydrogen (secondary N) is 4. The van der Waals surface area contributed by atoms with Gasteiger partial charge in [0, 0.05) is 83.4 Å². The van der Waals surface area contributed by atoms with Crippen LogP contribution in [0.1, 0.15) is 229 Å². The molecule has 9 heterocycles. The molecule has 12 N–H and O–H groups in total. The lowest BCUT2D eigenvalue weighted by Gasteiger charge is -2.19. The molecule has 0 aliphatic carbocycles. The summed E-state index contributed by atoms with van der Waals surface area (Å²) >= 11 is 5.92. The van der Waals surface area contributed by atoms with E-state index in [-0.39, 0.29) is 150 Å². The van der Waals surface area contributed by atoms with E-state index < -0.39 is 63.8 Å². The number of rotatable bonds is 73. The molecule has 0 saturated heterocycles. The van der Waals surface area contributed by atoms with E-state index >= 15 is 0 Å². The van der Waals surface area contributed by atoms with E-state index in [1.165, 1.54) is 237 Å². The van der Waals surface area contributed by atoms with Gasteiger partial charge < -0.3 is 102 Å². The fourth-order valence-corrected chi connectivity index (χ4v) is 20.1. The maximum absolute atomic E-state index is 13.7. The van der Waals surface area contributed by atoms with Crippen LogP contribution in [0.2, 0.25) is 5.02 Å². The van der Waals surface area contributed by atoms with E-state index in [4.69, 9.17) is 94.8 Å². The van der Waals surface area contributed by atoms with Gasteiger partial charge in [0.05, 0.1) is 98.5 Å². The van der Waals surface area contributed by atoms with E-state index in [9.17, 15) is 46.2 Å². The minimum Gasteiger partial charge on any atom is -0.494 e. The molecular formula is C100H150ClF2N21O21P4. The summed E-state index contributed by atoms with van der Waals surface area (Å²) < 4.78 is 158. The zero-order chi connectivity index (χ0) is 107. The molecule has 12 rings (SSSR count). The zero-order valence-corrected chi connectivity index (χ0v) is 90.7. The lowest BCUT2D eigenvalue weighted by Crippen LogP contribution is -2.13. The fraction of sp³-hybridized carbons (Fsp3) is 0.570. The molecule has 0 fully saturated rings. The molecule has 0 radical (unpaired) electrons. The fourth-order valence-electron chi connectivity index (χ4n) is 15.3. The third kappa shape index (κ3) is 46.9. The summed E-state index contributed by atoms with van der Waals surface area (Å²) in [6.45, 7) is 12.6. The number of hydrogen-bond acceptors (Lipinski definition) is 34. The number of aromatic amines is 4. The zero-order valence-electron chi connectivity index (χ0n) is 86.4. The SMILES string of the molecule is CCCCCCCCCCCCCCCCOCCCOP(=O)(COCCn1cnc2c(=O)[nH]c(N)nc21)OCc1cccc(F)c1.CCCCCCCCCCCCCCCCOCCCOP(=O)(COCCn1cnc2c(=O)[nH]c(N)nc21)OCc1cccnc1.COc1ccc(COP(C)(=O)COCCn2cnc3c(=O)[nH]c(N)nc32)cc1F.CP(=O)(COCCn1cnc2c(=O)[nH]c(N)nc21)OCc1cccc(Cl)c1. The summed E-state index contributed by atoms with van der Waals surface area (Å²) in [5.41, 5.74) is 25.6. The average molecular weight is 2180 g/mol. The summed E-state index contributed by atoms with van der Waals surface area (Å²) in [4.78, 5) is 93.7. The highest BCUT2D eigenvalue weighted by molar-refractivity contribution is 7.58. The van der Waals surface area contributed by atoms with Crippen LogP contribution < -0.4 is 49.9 Å². The Morgan fingerprint density at radius 3 is 1.01 bits per heavy atom. The standard InChI is InChI=1S/C34H55FN5O6P.C33H55N6O6P.C17H21FN5O5P.C16H19ClN5O4P/c1-2-3-4-5-6-7-8-9-10-11-12-13-14-15-21-43-22-17-23-45-47(42,46-26-29-18-16-19-30(35)25-29)28-44-24-20-40-27-37-31-32(40)38-34(36)39-33(31)41;1-2-3-4-5-6-7-8-9-10-11-12-13-14-15-21-42-22-17-23-44-46(41,45-26-29-18-16-19-35-25-29)28-43-24-20-39-27-36-30-31(39)37-33(34)38-32(30)40;1-26-13-4-3-11(7-12(13)18)8-28-29(2,25)10-27-6-5-23-9-20-14-15(23)21-17(19)22-16(14)24;1-27(24,26-8-11-3-2-4-12(17)7-11)10-25-6-5-22-9-19-13-14(22)20-16(18)21-15(13)23/h16,18-19,25,27H,2-15,17,20-24,26,28H2,1H3,(H3,36,38,39,41);16,18-19,25,27H,2-15,17,20-24,26,28H2,1H3,(H3,34,37,38,40);3-4,7,9H,5-6,8,10H2,1-2H3,(H3,19,21,22,24);2-4,7,9H,5-6,8,10H2,1H3,(H3,18,20,21,23). The number of nitrogens with two attached hydrogens (primary N) is 4. The summed E-state index contributed by atoms with van der Waals surface area (Å²) in [5.74, 6) is -0.801. The van der Waals surface area contributed by atoms with Crippen molar-refractivity contribution in [2.24, 2.45) is 0 Å². The second kappa shape index (κ2) is 68.0. The monoisotopic (exact) mass is 2180 g/mol. The van der Waals surface area contributed by atoms with Crippen molar-refractivity contribution in [2.45, 2.75) is 259 Å². The van der Waals surface area contributed by atoms with Crippen LogP contribution >= 0.6 is 41.5 Å². The Morgan fingerprint density at radius 1 is 0.349 bits per heavy atom. The van der Waals surface area contributed by atoms with Crippen molar-refractivity contribution >= 4 is 110 Å². The molecule has 3 aromatic carbocycles. The molecule has 12 aromatic rings. The Labute approximate surface area is 872 Å². The number of nitrogen functional groups attached to an aromatic ring is 4. The van der Waals surface area contributed by atoms with Crippen LogP contribution in [-0.4, -0.2) is 195 Å². The number of halogens is 3. The number of aromatic nitrogens is 17. The molecule has 49 heteroatoms. The summed E-state index contributed by atoms with van der Waals surface area (Å²) in [6.07, 6.45) is 46.8. The number of anilines is 4. The minimum absolute atomic E-state index is 0.00504. The van der Waals surface area contributed by atoms with Gasteiger partial charge in [-0.3, -0.25) is 62.4 Å². The lowest BCUT2D eigenvalue weighted by atomic mass is 10.0. The van der Waals surface area contributed by atoms with Crippen molar-refractivity contribution in [3.05, 3.63) is 197 Å². The Hall–Kier alpha value is -10.2. The number of imidazole rings is 4. The summed E-state index contributed by atoms with van der Waals surface area (Å²) in [6, 6.07) is 21.1. The average Bonchev–Trinajstić information content (AvgIpc) is 1.67. The van der Waals surface area contributed by atoms with Crippen LogP contribution in [0, 0.1) is 11.6 Å². The van der Waals surface area contributed by atoms with Gasteiger partial charge in [-0.25, -0.2) is 28.7 Å². The minimum atomic E-state index is -3.68. The van der Waals surface area contributed by atoms with Gasteiger partial charge in [-0.1, -0.05) is 229 Å². The van der Waals surface area contributed by atoms with Crippen molar-refractivity contribution in [3.8, 4) is 5.75 Å². The second-order valence-corrected chi connectivity index (χ2v) is 45.6. The number of unbranched alkanes of at least 4 members (excludes halogenated alkanes) is 26. The first-order valence-corrected chi connectivity index (χ1v) is 59.6. The number of fused-ring (bicyclic) bond motifs is 4. The predicted molar refractivity (Wildman–Crippen MR) is 573 cm³/mol. The number of pyridine rings is 1. The van der Waals surface area contributed by atoms with Gasteiger partial charge in [0.25, 0.3) is 22.2 Å². The van der Waals surface area contributed by atoms with E-state index in [1.807, 2.05) is 12.1 Å². The Balaban J connectivity index is 0.000000226. The number of hydrogen-bond donors (Lipinski definition) is 8. The predicted octanol–water partition coefficient (Wildman–Crippen LogP) is 19.9. The van der Waals surface area contributed by atoms with Crippen molar-refractivity contribution in [2.75, 3.05) is 135 Å². The number of nitrogens with zero attached hydrogens (tertiary/aromatic N) is 13. The van der Waals surface area contributed by atoms with Crippen LogP contribution in [0.25, 0.3) is 44.7 Å². The highest BCUT2D eigenvalue weighted by Gasteiger charge is 2.29. The van der Waals surface area contributed by atoms with E-state index in [1.54, 1.807) is 73.1 Å². The highest BCUT2D eigenvalue weighted by atomic mass is 35.5. The number of methoxy groups -OCH3 is 1. The van der Waals surface area contributed by atoms with Gasteiger partial charge in [-0.05, 0) is 90.4 Å². The number of benzene rings is 3. The molecule has 42 nitrogen and oxygen atoms in total. The van der Waals surface area contributed by atoms with Crippen LogP contribution in [0.4, 0.5) is 32.6 Å². The molecule has 0 amide bonds. The molecule has 149 heavy (non-hydrogen) atoms. The van der Waals surface area contributed by atoms with Crippen LogP contribution in [0.15, 0.2) is 136 Å². The Bertz CT molecular complexity index is 6380. The van der Waals surface area contributed by atoms with Crippen molar-refractivity contribution < 1.29 is 87.3 Å². The van der Waals surface area contributed by atoms with Gasteiger partial charge in [-0.15, -0.1) is 0 Å². The molecule has 0 bridgehead atoms. The van der Waals surface area contributed by atoms with E-state index in [0.29, 0.717) is 91.0 Å². The lowest BCUT2D eigenvalue weighted by molar-refractivity contribution is 0.0976. The Morgan fingerprint density at radius 2 is 0.671 bits per heavy atom. The molecule has 9 aromatic heterocycles. The van der Waals surface area contributed by atoms with E-state index in [2.05, 4.69) is 78.6 Å². The van der Waals surface area contributed by atoms with Crippen molar-refractivity contribution in [1.29, 1.82) is 0 Å². The molecule has 4 unspecified atom stereocenters. The molecule has 4 atom stereocenters. The quantitative estimate of drug-likeness (QED) is 0.0130. The van der Waals surface area contributed by atoms with Crippen molar-refractivity contribution in [1.82, 2.24) is 83.1 Å². The normalized spacial score (nSPS) is 13.2. The second-order valence-electron chi connectivity index (χ2n) is 36.1. The first-order valence-electron chi connectivity index (χ1n) is 51.2. The third-order valence-corrected chi connectivity index (χ3v) is 29.4. The van der Waals surface area contributed by atoms with Gasteiger partial charge >= 0.3 is 15.2 Å². The maximum atomic E-state index is 13.7. The molecule has 0 spiro atoms. The van der Waals surface area contributed by atoms with E-state index in [0.717, 1.165) is 30.6 Å². The number of H-pyrrole nitrogens is 4. The molecule has 0 saturated carbocycles. The van der Waals surface area contributed by atoms with Gasteiger partial charge in [0.1, 0.15) is 31.2 Å². The van der Waals surface area contributed by atoms with Gasteiger partial charge in [-0.2, -0.15) is 19.9 Å². The summed E-state index contributed by atoms with van der Waals surface area (Å²) in [5, 5.41) is 0.596. The first kappa shape index (κ1) is 122. The highest BCUT2D eigenvalue weighted by Crippen LogP contribution is 2.51. The molecule has 0 aliphatic heterocycles. The Kier molecular flexibility index (Phi) is 55.8. The summed E-state index contributed by atoms with van der Waals surface area (Å²) in [7, 11) is -11.8. The largest absolute Gasteiger partial charge is 0.494 e.